The van der Waals surface area contributed by atoms with Crippen molar-refractivity contribution in [3.8, 4) is 5.75 Å². The summed E-state index contributed by atoms with van der Waals surface area (Å²) < 4.78 is 18.3. The smallest absolute Gasteiger partial charge is 0.260 e. The van der Waals surface area contributed by atoms with Crippen LogP contribution in [-0.4, -0.2) is 36.9 Å². The lowest BCUT2D eigenvalue weighted by Gasteiger charge is -2.17. The summed E-state index contributed by atoms with van der Waals surface area (Å²) >= 11 is 0. The lowest BCUT2D eigenvalue weighted by molar-refractivity contribution is -0.135. The van der Waals surface area contributed by atoms with Gasteiger partial charge in [0.1, 0.15) is 11.6 Å². The Morgan fingerprint density at radius 1 is 1.08 bits per heavy atom. The molecule has 0 aliphatic carbocycles. The van der Waals surface area contributed by atoms with E-state index in [9.17, 15) is 14.0 Å². The predicted octanol–water partition coefficient (Wildman–Crippen LogP) is 2.86. The van der Waals surface area contributed by atoms with Crippen LogP contribution in [0.15, 0.2) is 48.5 Å². The second-order valence-corrected chi connectivity index (χ2v) is 5.59. The Labute approximate surface area is 146 Å². The summed E-state index contributed by atoms with van der Waals surface area (Å²) in [5, 5.41) is 2.60. The fourth-order valence-corrected chi connectivity index (χ4v) is 2.11. The Bertz CT molecular complexity index is 714. The number of anilines is 1. The minimum Gasteiger partial charge on any atom is -0.484 e. The highest BCUT2D eigenvalue weighted by atomic mass is 19.1. The second-order valence-electron chi connectivity index (χ2n) is 5.59. The third-order valence-electron chi connectivity index (χ3n) is 3.63. The molecule has 0 fully saturated rings. The van der Waals surface area contributed by atoms with Gasteiger partial charge in [0.15, 0.2) is 6.61 Å². The van der Waals surface area contributed by atoms with E-state index >= 15 is 0 Å². The van der Waals surface area contributed by atoms with E-state index in [1.165, 1.54) is 41.8 Å². The summed E-state index contributed by atoms with van der Waals surface area (Å²) in [6.45, 7) is 1.80. The third-order valence-corrected chi connectivity index (χ3v) is 3.63. The molecule has 1 N–H and O–H groups in total. The Morgan fingerprint density at radius 3 is 2.32 bits per heavy atom. The van der Waals surface area contributed by atoms with Gasteiger partial charge in [-0.3, -0.25) is 9.59 Å². The molecule has 0 aliphatic heterocycles. The molecule has 0 unspecified atom stereocenters. The van der Waals surface area contributed by atoms with E-state index in [0.29, 0.717) is 11.4 Å². The van der Waals surface area contributed by atoms with Gasteiger partial charge in [0.2, 0.25) is 5.91 Å². The number of halogens is 1. The molecule has 0 heterocycles. The van der Waals surface area contributed by atoms with Crippen LogP contribution in [0.2, 0.25) is 0 Å². The van der Waals surface area contributed by atoms with Gasteiger partial charge in [-0.15, -0.1) is 0 Å². The summed E-state index contributed by atoms with van der Waals surface area (Å²) in [5.41, 5.74) is 1.66. The van der Waals surface area contributed by atoms with Crippen LogP contribution in [-0.2, 0) is 16.0 Å². The van der Waals surface area contributed by atoms with Crippen LogP contribution in [0, 0.1) is 5.82 Å². The van der Waals surface area contributed by atoms with Crippen LogP contribution in [0.25, 0.3) is 0 Å². The number of nitrogens with one attached hydrogen (secondary N) is 1. The van der Waals surface area contributed by atoms with E-state index < -0.39 is 0 Å². The average Bonchev–Trinajstić information content (AvgIpc) is 2.62. The summed E-state index contributed by atoms with van der Waals surface area (Å²) in [5.74, 6) is -0.451. The lowest BCUT2D eigenvalue weighted by Crippen LogP contribution is -2.37. The highest BCUT2D eigenvalue weighted by Gasteiger charge is 2.14. The number of nitrogens with zero attached hydrogens (tertiary/aromatic N) is 1. The first-order chi connectivity index (χ1) is 12.0. The van der Waals surface area contributed by atoms with Crippen molar-refractivity contribution >= 4 is 17.5 Å². The lowest BCUT2D eigenvalue weighted by atomic mass is 10.2. The molecule has 0 atom stereocenters. The molecule has 0 saturated heterocycles. The number of likely N-dealkylation sites (N-methyl/N-ethyl adjacent to an activating group) is 1. The predicted molar refractivity (Wildman–Crippen MR) is 94.0 cm³/mol. The van der Waals surface area contributed by atoms with Crippen molar-refractivity contribution < 1.29 is 18.7 Å². The molecular weight excluding hydrogens is 323 g/mol. The largest absolute Gasteiger partial charge is 0.484 e. The van der Waals surface area contributed by atoms with Gasteiger partial charge in [0.25, 0.3) is 5.91 Å². The zero-order valence-electron chi connectivity index (χ0n) is 14.3. The fourth-order valence-electron chi connectivity index (χ4n) is 2.11. The van der Waals surface area contributed by atoms with Crippen LogP contribution in [0.4, 0.5) is 10.1 Å². The molecule has 2 amide bonds. The van der Waals surface area contributed by atoms with Crippen molar-refractivity contribution in [1.82, 2.24) is 4.90 Å². The number of carbonyl (C=O) groups excluding carboxylic acids is 2. The molecule has 132 valence electrons. The molecule has 2 aromatic rings. The third kappa shape index (κ3) is 5.91. The molecule has 0 saturated carbocycles. The Kier molecular flexibility index (Phi) is 6.51. The SMILES string of the molecule is CCc1ccc(OCC(=O)N(C)CC(=O)Nc2ccc(F)cc2)cc1. The summed E-state index contributed by atoms with van der Waals surface area (Å²) in [6, 6.07) is 12.9. The molecule has 5 nitrogen and oxygen atoms in total. The van der Waals surface area contributed by atoms with Crippen LogP contribution in [0.5, 0.6) is 5.75 Å². The van der Waals surface area contributed by atoms with Gasteiger partial charge < -0.3 is 15.0 Å². The van der Waals surface area contributed by atoms with Crippen molar-refractivity contribution in [2.45, 2.75) is 13.3 Å². The molecule has 0 bridgehead atoms. The van der Waals surface area contributed by atoms with Crippen molar-refractivity contribution in [2.24, 2.45) is 0 Å². The monoisotopic (exact) mass is 344 g/mol. The van der Waals surface area contributed by atoms with Gasteiger partial charge in [-0.25, -0.2) is 4.39 Å². The van der Waals surface area contributed by atoms with Gasteiger partial charge in [-0.05, 0) is 48.4 Å². The van der Waals surface area contributed by atoms with Crippen molar-refractivity contribution in [2.75, 3.05) is 25.5 Å². The molecule has 6 heteroatoms. The van der Waals surface area contributed by atoms with Gasteiger partial charge in [-0.1, -0.05) is 19.1 Å². The standard InChI is InChI=1S/C19H21FN2O3/c1-3-14-4-10-17(11-5-14)25-13-19(24)22(2)12-18(23)21-16-8-6-15(20)7-9-16/h4-11H,3,12-13H2,1-2H3,(H,21,23). The zero-order chi connectivity index (χ0) is 18.2. The number of hydrogen-bond donors (Lipinski definition) is 1. The first kappa shape index (κ1) is 18.4. The quantitative estimate of drug-likeness (QED) is 0.840. The van der Waals surface area contributed by atoms with Crippen LogP contribution in [0.1, 0.15) is 12.5 Å². The minimum atomic E-state index is -0.380. The van der Waals surface area contributed by atoms with Crippen molar-refractivity contribution in [1.29, 1.82) is 0 Å². The number of amides is 2. The van der Waals surface area contributed by atoms with E-state index in [1.54, 1.807) is 0 Å². The molecule has 25 heavy (non-hydrogen) atoms. The summed E-state index contributed by atoms with van der Waals surface area (Å²) in [7, 11) is 1.52. The number of rotatable bonds is 7. The molecule has 2 aromatic carbocycles. The van der Waals surface area contributed by atoms with Crippen molar-refractivity contribution in [3.63, 3.8) is 0 Å². The van der Waals surface area contributed by atoms with Crippen LogP contribution in [0.3, 0.4) is 0 Å². The highest BCUT2D eigenvalue weighted by Crippen LogP contribution is 2.12. The van der Waals surface area contributed by atoms with Crippen LogP contribution < -0.4 is 10.1 Å². The maximum absolute atomic E-state index is 12.8. The molecule has 0 aromatic heterocycles. The number of benzene rings is 2. The van der Waals surface area contributed by atoms with E-state index in [1.807, 2.05) is 24.3 Å². The minimum absolute atomic E-state index is 0.117. The first-order valence-electron chi connectivity index (χ1n) is 7.99. The van der Waals surface area contributed by atoms with E-state index in [2.05, 4.69) is 12.2 Å². The number of carbonyl (C=O) groups is 2. The maximum atomic E-state index is 12.8. The Balaban J connectivity index is 1.78. The van der Waals surface area contributed by atoms with Crippen molar-refractivity contribution in [3.05, 3.63) is 59.9 Å². The maximum Gasteiger partial charge on any atom is 0.260 e. The van der Waals surface area contributed by atoms with E-state index in [4.69, 9.17) is 4.74 Å². The van der Waals surface area contributed by atoms with E-state index in [-0.39, 0.29) is 30.8 Å². The number of ether oxygens (including phenoxy) is 1. The van der Waals surface area contributed by atoms with E-state index in [0.717, 1.165) is 6.42 Å². The van der Waals surface area contributed by atoms with Gasteiger partial charge in [0.05, 0.1) is 6.54 Å². The zero-order valence-corrected chi connectivity index (χ0v) is 14.3. The summed E-state index contributed by atoms with van der Waals surface area (Å²) in [6.07, 6.45) is 0.936. The van der Waals surface area contributed by atoms with Gasteiger partial charge >= 0.3 is 0 Å². The van der Waals surface area contributed by atoms with Crippen LogP contribution >= 0.6 is 0 Å². The topological polar surface area (TPSA) is 58.6 Å². The molecular formula is C19H21FN2O3. The normalized spacial score (nSPS) is 10.2. The number of hydrogen-bond acceptors (Lipinski definition) is 3. The molecule has 2 rings (SSSR count). The van der Waals surface area contributed by atoms with Gasteiger partial charge in [0, 0.05) is 12.7 Å². The fraction of sp³-hybridized carbons (Fsp3) is 0.263. The first-order valence-corrected chi connectivity index (χ1v) is 7.99. The average molecular weight is 344 g/mol. The Hall–Kier alpha value is -2.89. The van der Waals surface area contributed by atoms with Gasteiger partial charge in [-0.2, -0.15) is 0 Å². The molecule has 0 radical (unpaired) electrons. The highest BCUT2D eigenvalue weighted by molar-refractivity contribution is 5.94. The number of aryl methyl sites for hydroxylation is 1. The summed E-state index contributed by atoms with van der Waals surface area (Å²) in [4.78, 5) is 25.2. The Morgan fingerprint density at radius 2 is 1.72 bits per heavy atom. The molecule has 0 spiro atoms. The second kappa shape index (κ2) is 8.82. The molecule has 0 aliphatic rings.